The van der Waals surface area contributed by atoms with Crippen LogP contribution in [0.15, 0.2) is 22.7 Å². The van der Waals surface area contributed by atoms with Crippen LogP contribution in [0.25, 0.3) is 5.69 Å². The number of alkyl halides is 3. The first kappa shape index (κ1) is 16.8. The summed E-state index contributed by atoms with van der Waals surface area (Å²) in [6.45, 7) is 0. The summed E-state index contributed by atoms with van der Waals surface area (Å²) in [5.41, 5.74) is 7.52. The Morgan fingerprint density at radius 2 is 1.91 bits per heavy atom. The minimum atomic E-state index is -4.68. The predicted octanol–water partition coefficient (Wildman–Crippen LogP) is 2.03. The number of carbonyl (C=O) groups excluding carboxylic acids is 1. The minimum Gasteiger partial charge on any atom is -0.476 e. The molecule has 7 nitrogen and oxygen atoms in total. The maximum Gasteiger partial charge on any atom is 0.417 e. The normalized spacial score (nSPS) is 11.5. The summed E-state index contributed by atoms with van der Waals surface area (Å²) in [6.07, 6.45) is -4.68. The first-order valence-electron chi connectivity index (χ1n) is 5.82. The van der Waals surface area contributed by atoms with Gasteiger partial charge in [0.15, 0.2) is 11.4 Å². The van der Waals surface area contributed by atoms with Gasteiger partial charge in [0.2, 0.25) is 0 Å². The van der Waals surface area contributed by atoms with Crippen molar-refractivity contribution in [1.29, 1.82) is 0 Å². The molecule has 0 bridgehead atoms. The molecule has 0 spiro atoms. The molecule has 0 unspecified atom stereocenters. The Hall–Kier alpha value is -2.56. The lowest BCUT2D eigenvalue weighted by molar-refractivity contribution is -0.138. The second kappa shape index (κ2) is 5.57. The number of hydrogen-bond donors (Lipinski definition) is 3. The number of benzene rings is 1. The van der Waals surface area contributed by atoms with Gasteiger partial charge in [-0.1, -0.05) is 15.9 Å². The number of amides is 1. The molecule has 1 amide bonds. The summed E-state index contributed by atoms with van der Waals surface area (Å²) in [4.78, 5) is 22.5. The van der Waals surface area contributed by atoms with E-state index in [2.05, 4.69) is 21.0 Å². The molecule has 1 heterocycles. The SMILES string of the molecule is NC(=O)c1nn(-c2ccc(Br)c(C(F)(F)F)c2)c(C(=O)O)c1N. The molecular weight excluding hydrogens is 385 g/mol. The van der Waals surface area contributed by atoms with E-state index in [0.717, 1.165) is 6.07 Å². The number of nitrogens with two attached hydrogens (primary N) is 2. The van der Waals surface area contributed by atoms with Crippen LogP contribution >= 0.6 is 15.9 Å². The summed E-state index contributed by atoms with van der Waals surface area (Å²) in [5.74, 6) is -2.67. The molecule has 23 heavy (non-hydrogen) atoms. The lowest BCUT2D eigenvalue weighted by Gasteiger charge is -2.12. The van der Waals surface area contributed by atoms with Gasteiger partial charge in [-0.15, -0.1) is 0 Å². The summed E-state index contributed by atoms with van der Waals surface area (Å²) in [7, 11) is 0. The van der Waals surface area contributed by atoms with E-state index in [4.69, 9.17) is 16.6 Å². The molecular formula is C12H8BrF3N4O3. The van der Waals surface area contributed by atoms with Gasteiger partial charge < -0.3 is 16.6 Å². The smallest absolute Gasteiger partial charge is 0.417 e. The number of aromatic nitrogens is 2. The number of anilines is 1. The average Bonchev–Trinajstić information content (AvgIpc) is 2.75. The largest absolute Gasteiger partial charge is 0.476 e. The Morgan fingerprint density at radius 3 is 2.39 bits per heavy atom. The topological polar surface area (TPSA) is 124 Å². The molecule has 122 valence electrons. The number of hydrogen-bond acceptors (Lipinski definition) is 4. The van der Waals surface area contributed by atoms with E-state index in [-0.39, 0.29) is 10.2 Å². The van der Waals surface area contributed by atoms with Crippen LogP contribution in [0.1, 0.15) is 26.5 Å². The fourth-order valence-corrected chi connectivity index (χ4v) is 2.34. The molecule has 0 aliphatic carbocycles. The number of carboxylic acid groups (broad SMARTS) is 1. The zero-order chi connectivity index (χ0) is 17.5. The number of nitrogens with zero attached hydrogens (tertiary/aromatic N) is 2. The number of halogens is 4. The van der Waals surface area contributed by atoms with Gasteiger partial charge in [-0.05, 0) is 18.2 Å². The molecule has 1 aromatic heterocycles. The van der Waals surface area contributed by atoms with Gasteiger partial charge in [0.1, 0.15) is 0 Å². The third kappa shape index (κ3) is 2.99. The number of nitrogen functional groups attached to an aromatic ring is 1. The van der Waals surface area contributed by atoms with Crippen LogP contribution in [-0.2, 0) is 6.18 Å². The number of carboxylic acids is 1. The van der Waals surface area contributed by atoms with E-state index in [9.17, 15) is 22.8 Å². The van der Waals surface area contributed by atoms with Crippen molar-refractivity contribution in [3.8, 4) is 5.69 Å². The van der Waals surface area contributed by atoms with E-state index in [1.165, 1.54) is 6.07 Å². The van der Waals surface area contributed by atoms with Crippen LogP contribution in [0.5, 0.6) is 0 Å². The maximum absolute atomic E-state index is 12.9. The third-order valence-corrected chi connectivity index (χ3v) is 3.55. The molecule has 0 aliphatic rings. The molecule has 0 aliphatic heterocycles. The maximum atomic E-state index is 12.9. The van der Waals surface area contributed by atoms with Crippen LogP contribution in [0.3, 0.4) is 0 Å². The number of primary amides is 1. The first-order chi connectivity index (χ1) is 10.5. The summed E-state index contributed by atoms with van der Waals surface area (Å²) < 4.78 is 39.2. The lowest BCUT2D eigenvalue weighted by atomic mass is 10.2. The van der Waals surface area contributed by atoms with Gasteiger partial charge in [0.25, 0.3) is 5.91 Å². The molecule has 5 N–H and O–H groups in total. The predicted molar refractivity (Wildman–Crippen MR) is 76.2 cm³/mol. The zero-order valence-electron chi connectivity index (χ0n) is 11.1. The fourth-order valence-electron chi connectivity index (χ4n) is 1.87. The van der Waals surface area contributed by atoms with Gasteiger partial charge >= 0.3 is 12.1 Å². The van der Waals surface area contributed by atoms with E-state index in [1.54, 1.807) is 0 Å². The van der Waals surface area contributed by atoms with E-state index in [0.29, 0.717) is 10.7 Å². The van der Waals surface area contributed by atoms with Crippen molar-refractivity contribution in [3.05, 3.63) is 39.6 Å². The third-order valence-electron chi connectivity index (χ3n) is 2.86. The first-order valence-corrected chi connectivity index (χ1v) is 6.62. The summed E-state index contributed by atoms with van der Waals surface area (Å²) in [5, 5.41) is 12.8. The fraction of sp³-hybridized carbons (Fsp3) is 0.0833. The van der Waals surface area contributed by atoms with Crippen molar-refractivity contribution in [3.63, 3.8) is 0 Å². The minimum absolute atomic E-state index is 0.235. The Kier molecular flexibility index (Phi) is 4.07. The van der Waals surface area contributed by atoms with Crippen LogP contribution in [0.4, 0.5) is 18.9 Å². The van der Waals surface area contributed by atoms with Gasteiger partial charge in [0, 0.05) is 4.47 Å². The van der Waals surface area contributed by atoms with Crippen LogP contribution in [0.2, 0.25) is 0 Å². The van der Waals surface area contributed by atoms with E-state index < -0.39 is 40.7 Å². The Bertz CT molecular complexity index is 817. The van der Waals surface area contributed by atoms with Crippen LogP contribution in [-0.4, -0.2) is 26.8 Å². The van der Waals surface area contributed by atoms with Crippen molar-refractivity contribution >= 4 is 33.5 Å². The van der Waals surface area contributed by atoms with Crippen molar-refractivity contribution in [2.75, 3.05) is 5.73 Å². The van der Waals surface area contributed by atoms with Gasteiger partial charge in [0.05, 0.1) is 16.9 Å². The molecule has 2 aromatic rings. The number of rotatable bonds is 3. The molecule has 0 saturated carbocycles. The second-order valence-electron chi connectivity index (χ2n) is 4.35. The van der Waals surface area contributed by atoms with Gasteiger partial charge in [-0.2, -0.15) is 18.3 Å². The molecule has 0 radical (unpaired) electrons. The Morgan fingerprint density at radius 1 is 1.30 bits per heavy atom. The summed E-state index contributed by atoms with van der Waals surface area (Å²) in [6, 6.07) is 2.93. The highest BCUT2D eigenvalue weighted by Crippen LogP contribution is 2.36. The summed E-state index contributed by atoms with van der Waals surface area (Å²) >= 11 is 2.76. The lowest BCUT2D eigenvalue weighted by Crippen LogP contribution is -2.14. The average molecular weight is 393 g/mol. The molecule has 11 heteroatoms. The van der Waals surface area contributed by atoms with Crippen molar-refractivity contribution in [2.45, 2.75) is 6.18 Å². The zero-order valence-corrected chi connectivity index (χ0v) is 12.6. The van der Waals surface area contributed by atoms with E-state index >= 15 is 0 Å². The van der Waals surface area contributed by atoms with Crippen molar-refractivity contribution in [2.24, 2.45) is 5.73 Å². The van der Waals surface area contributed by atoms with Gasteiger partial charge in [-0.3, -0.25) is 4.79 Å². The highest BCUT2D eigenvalue weighted by molar-refractivity contribution is 9.10. The molecule has 0 fully saturated rings. The molecule has 1 aromatic carbocycles. The second-order valence-corrected chi connectivity index (χ2v) is 5.21. The molecule has 0 atom stereocenters. The number of aromatic carboxylic acids is 1. The van der Waals surface area contributed by atoms with Crippen LogP contribution in [0, 0.1) is 0 Å². The van der Waals surface area contributed by atoms with Crippen molar-refractivity contribution < 1.29 is 27.9 Å². The van der Waals surface area contributed by atoms with Gasteiger partial charge in [-0.25, -0.2) is 9.48 Å². The Labute approximate surface area is 134 Å². The standard InChI is InChI=1S/C12H8BrF3N4O3/c13-6-2-1-4(3-5(6)12(14,15)16)20-9(11(22)23)7(17)8(19-20)10(18)21/h1-3H,17H2,(H2,18,21)(H,22,23). The highest BCUT2D eigenvalue weighted by Gasteiger charge is 2.34. The molecule has 0 saturated heterocycles. The van der Waals surface area contributed by atoms with Crippen molar-refractivity contribution in [1.82, 2.24) is 9.78 Å². The number of carbonyl (C=O) groups is 2. The highest BCUT2D eigenvalue weighted by atomic mass is 79.9. The monoisotopic (exact) mass is 392 g/mol. The van der Waals surface area contributed by atoms with Crippen LogP contribution < -0.4 is 11.5 Å². The molecule has 2 rings (SSSR count). The van der Waals surface area contributed by atoms with E-state index in [1.807, 2.05) is 0 Å². The Balaban J connectivity index is 2.75. The quantitative estimate of drug-likeness (QED) is 0.736.